The molecule has 33 heavy (non-hydrogen) atoms. The van der Waals surface area contributed by atoms with Crippen molar-refractivity contribution in [2.75, 3.05) is 0 Å². The Bertz CT molecular complexity index is 1410. The van der Waals surface area contributed by atoms with E-state index in [1.165, 1.54) is 18.2 Å². The minimum absolute atomic E-state index is 0. The molecule has 0 radical (unpaired) electrons. The minimum atomic E-state index is -4.61. The monoisotopic (exact) mass is 476 g/mol. The van der Waals surface area contributed by atoms with Crippen LogP contribution in [0.25, 0.3) is 10.8 Å². The summed E-state index contributed by atoms with van der Waals surface area (Å²) in [5.74, 6) is -0.154. The topological polar surface area (TPSA) is 127 Å². The maximum atomic E-state index is 11.2. The summed E-state index contributed by atoms with van der Waals surface area (Å²) in [5.41, 5.74) is 1.99. The first-order valence-corrected chi connectivity index (χ1v) is 10.4. The van der Waals surface area contributed by atoms with Crippen molar-refractivity contribution in [3.8, 4) is 5.75 Å². The molecule has 0 aliphatic heterocycles. The molecule has 0 aromatic heterocycles. The number of phenols is 1. The number of rotatable bonds is 5. The molecule has 0 bridgehead atoms. The molecule has 154 valence electrons. The number of aromatic hydroxyl groups is 1. The largest absolute Gasteiger partial charge is 1.00 e. The molecule has 11 heteroatoms. The second kappa shape index (κ2) is 12.0. The van der Waals surface area contributed by atoms with Crippen molar-refractivity contribution in [1.29, 1.82) is 0 Å². The predicted octanol–water partition coefficient (Wildman–Crippen LogP) is 0.0885. The molecule has 4 rings (SSSR count). The normalized spacial score (nSPS) is 11.4. The van der Waals surface area contributed by atoms with Crippen LogP contribution in [0.15, 0.2) is 104 Å². The number of hydrogen-bond donors (Lipinski definition) is 1. The third kappa shape index (κ3) is 7.02. The maximum absolute atomic E-state index is 11.2. The summed E-state index contributed by atoms with van der Waals surface area (Å²) in [7, 11) is -4.61. The van der Waals surface area contributed by atoms with Gasteiger partial charge < -0.3 is 9.66 Å². The molecule has 0 spiro atoms. The Balaban J connectivity index is 0.00000193. The average molecular weight is 476 g/mol. The summed E-state index contributed by atoms with van der Waals surface area (Å²) < 4.78 is 33.6. The molecular weight excluding hydrogens is 462 g/mol. The van der Waals surface area contributed by atoms with Gasteiger partial charge in [-0.3, -0.25) is 0 Å². The molecule has 0 saturated carbocycles. The van der Waals surface area contributed by atoms with E-state index >= 15 is 0 Å². The summed E-state index contributed by atoms with van der Waals surface area (Å²) in [6.45, 7) is 0. The fourth-order valence-electron chi connectivity index (χ4n) is 2.76. The van der Waals surface area contributed by atoms with Crippen LogP contribution in [0.2, 0.25) is 0 Å². The smallest absolute Gasteiger partial charge is 0.752 e. The van der Waals surface area contributed by atoms with Crippen molar-refractivity contribution >= 4 is 43.6 Å². The Hall–Kier alpha value is -1.95. The Kier molecular flexibility index (Phi) is 9.89. The Morgan fingerprint density at radius 2 is 1.30 bits per heavy atom. The third-order valence-corrected chi connectivity index (χ3v) is 5.10. The van der Waals surface area contributed by atoms with Gasteiger partial charge in [-0.2, -0.15) is 20.5 Å². The van der Waals surface area contributed by atoms with E-state index in [9.17, 15) is 18.1 Å². The summed E-state index contributed by atoms with van der Waals surface area (Å²) in [6, 6.07) is 23.9. The summed E-state index contributed by atoms with van der Waals surface area (Å²) in [6.07, 6.45) is 0. The van der Waals surface area contributed by atoms with Crippen LogP contribution >= 0.6 is 0 Å². The van der Waals surface area contributed by atoms with E-state index in [-0.39, 0.29) is 70.6 Å². The summed E-state index contributed by atoms with van der Waals surface area (Å²) >= 11 is 0. The minimum Gasteiger partial charge on any atom is -0.752 e. The Labute approximate surface area is 234 Å². The first kappa shape index (κ1) is 27.3. The molecule has 0 atom stereocenters. The molecule has 0 amide bonds. The van der Waals surface area contributed by atoms with Crippen molar-refractivity contribution in [1.82, 2.24) is 0 Å². The van der Waals surface area contributed by atoms with Gasteiger partial charge in [-0.25, -0.2) is 8.42 Å². The quantitative estimate of drug-likeness (QED) is 0.190. The molecule has 8 nitrogen and oxygen atoms in total. The van der Waals surface area contributed by atoms with Crippen LogP contribution in [0.4, 0.5) is 22.7 Å². The van der Waals surface area contributed by atoms with Gasteiger partial charge >= 0.3 is 59.1 Å². The van der Waals surface area contributed by atoms with Crippen LogP contribution in [0.1, 0.15) is 0 Å². The molecule has 0 saturated heterocycles. The fraction of sp³-hybridized carbons (Fsp3) is 0. The molecule has 0 heterocycles. The molecule has 0 aliphatic carbocycles. The van der Waals surface area contributed by atoms with Crippen LogP contribution in [-0.2, 0) is 10.1 Å². The van der Waals surface area contributed by atoms with Gasteiger partial charge in [0.2, 0.25) is 0 Å². The summed E-state index contributed by atoms with van der Waals surface area (Å²) in [5, 5.41) is 27.4. The molecule has 0 aliphatic rings. The average Bonchev–Trinajstić information content (AvgIpc) is 2.77. The van der Waals surface area contributed by atoms with E-state index in [1.807, 2.05) is 30.3 Å². The van der Waals surface area contributed by atoms with Gasteiger partial charge in [0.25, 0.3) is 0 Å². The number of fused-ring (bicyclic) bond motifs is 1. The van der Waals surface area contributed by atoms with Crippen LogP contribution < -0.4 is 59.1 Å². The zero-order chi connectivity index (χ0) is 21.8. The van der Waals surface area contributed by atoms with Crippen LogP contribution in [-0.4, -0.2) is 18.1 Å². The SMILES string of the molecule is O=S(=O)([O-])c1c[c-]c2c(N=Nc3ccc(N=Nc4ccccc4)cc3)c(O)ccc2c1.[Na+].[Na+]. The zero-order valence-electron chi connectivity index (χ0n) is 17.9. The van der Waals surface area contributed by atoms with Gasteiger partial charge in [0.1, 0.15) is 5.75 Å². The van der Waals surface area contributed by atoms with Crippen LogP contribution in [0, 0.1) is 6.07 Å². The van der Waals surface area contributed by atoms with Gasteiger partial charge in [0, 0.05) is 0 Å². The van der Waals surface area contributed by atoms with Gasteiger partial charge in [-0.15, -0.1) is 29.0 Å². The molecule has 0 fully saturated rings. The fourth-order valence-corrected chi connectivity index (χ4v) is 3.23. The number of azo groups is 2. The van der Waals surface area contributed by atoms with Crippen molar-refractivity contribution in [3.63, 3.8) is 0 Å². The number of nitrogens with zero attached hydrogens (tertiary/aromatic N) is 4. The number of phenolic OH excluding ortho intramolecular Hbond substituents is 1. The molecule has 0 unspecified atom stereocenters. The number of hydrogen-bond acceptors (Lipinski definition) is 8. The molecule has 1 N–H and O–H groups in total. The van der Waals surface area contributed by atoms with Crippen molar-refractivity contribution < 1.29 is 77.2 Å². The van der Waals surface area contributed by atoms with E-state index in [2.05, 4.69) is 26.5 Å². The van der Waals surface area contributed by atoms with Crippen LogP contribution in [0.3, 0.4) is 0 Å². The standard InChI is InChI=1S/C22H15N4O4S.2Na/c27-21-13-6-15-14-19(31(28,29)30)11-12-20(15)22(21)26-25-18-9-7-17(8-10-18)24-23-16-4-2-1-3-5-16;;/h1-11,13-14,27H,(H,28,29,30);;/q-1;2*+1/p-1. The first-order chi connectivity index (χ1) is 14.9. The van der Waals surface area contributed by atoms with Gasteiger partial charge in [-0.1, -0.05) is 24.3 Å². The summed E-state index contributed by atoms with van der Waals surface area (Å²) in [4.78, 5) is -0.408. The van der Waals surface area contributed by atoms with Crippen molar-refractivity contribution in [2.45, 2.75) is 4.90 Å². The first-order valence-electron chi connectivity index (χ1n) is 9.02. The Morgan fingerprint density at radius 3 is 1.88 bits per heavy atom. The second-order valence-corrected chi connectivity index (χ2v) is 7.82. The van der Waals surface area contributed by atoms with Crippen molar-refractivity contribution in [3.05, 3.63) is 84.9 Å². The van der Waals surface area contributed by atoms with Gasteiger partial charge in [0.05, 0.1) is 32.9 Å². The van der Waals surface area contributed by atoms with E-state index in [0.29, 0.717) is 22.1 Å². The molecule has 4 aromatic rings. The Morgan fingerprint density at radius 1 is 0.758 bits per heavy atom. The second-order valence-electron chi connectivity index (χ2n) is 6.44. The van der Waals surface area contributed by atoms with E-state index < -0.39 is 15.0 Å². The van der Waals surface area contributed by atoms with Gasteiger partial charge in [0.15, 0.2) is 0 Å². The van der Waals surface area contributed by atoms with Crippen LogP contribution in [0.5, 0.6) is 5.75 Å². The maximum Gasteiger partial charge on any atom is 1.00 e. The third-order valence-electron chi connectivity index (χ3n) is 4.29. The molecule has 4 aromatic carbocycles. The molecular formula is C22H14N4Na2O4S. The van der Waals surface area contributed by atoms with Gasteiger partial charge in [-0.05, 0) is 47.4 Å². The zero-order valence-corrected chi connectivity index (χ0v) is 22.7. The van der Waals surface area contributed by atoms with Crippen molar-refractivity contribution in [2.24, 2.45) is 20.5 Å². The predicted molar refractivity (Wildman–Crippen MR) is 114 cm³/mol. The van der Waals surface area contributed by atoms with E-state index in [4.69, 9.17) is 0 Å². The number of benzene rings is 4. The van der Waals surface area contributed by atoms with E-state index in [0.717, 1.165) is 11.8 Å². The van der Waals surface area contributed by atoms with E-state index in [1.54, 1.807) is 24.3 Å².